The molecule has 0 fully saturated rings. The molecule has 1 atom stereocenters. The van der Waals surface area contributed by atoms with Gasteiger partial charge in [-0.25, -0.2) is 0 Å². The number of amides is 1. The van der Waals surface area contributed by atoms with Crippen LogP contribution in [0.15, 0.2) is 115 Å². The van der Waals surface area contributed by atoms with E-state index in [0.717, 1.165) is 5.56 Å². The molecule has 2 rings (SSSR count). The van der Waals surface area contributed by atoms with Crippen LogP contribution in [0.3, 0.4) is 0 Å². The third-order valence-corrected chi connectivity index (χ3v) is 4.98. The first-order valence-corrected chi connectivity index (χ1v) is 11.0. The number of benzene rings is 2. The molecule has 0 saturated carbocycles. The van der Waals surface area contributed by atoms with Crippen LogP contribution in [0.4, 0.5) is 18.9 Å². The lowest BCUT2D eigenvalue weighted by molar-refractivity contribution is -0.116. The lowest BCUT2D eigenvalue weighted by atomic mass is 9.98. The molecule has 0 aliphatic carbocycles. The Bertz CT molecular complexity index is 1330. The molecule has 5 nitrogen and oxygen atoms in total. The molecule has 2 aromatic carbocycles. The summed E-state index contributed by atoms with van der Waals surface area (Å²) < 4.78 is 39.4. The van der Waals surface area contributed by atoms with E-state index in [0.29, 0.717) is 17.2 Å². The van der Waals surface area contributed by atoms with Gasteiger partial charge in [0.15, 0.2) is 0 Å². The number of hydrogen-bond donors (Lipinski definition) is 3. The zero-order valence-corrected chi connectivity index (χ0v) is 20.1. The molecule has 0 aromatic heterocycles. The first-order valence-electron chi connectivity index (χ1n) is 11.0. The lowest BCUT2D eigenvalue weighted by Crippen LogP contribution is -2.28. The molecule has 37 heavy (non-hydrogen) atoms. The summed E-state index contributed by atoms with van der Waals surface area (Å²) in [7, 11) is 0. The van der Waals surface area contributed by atoms with E-state index in [1.807, 2.05) is 12.1 Å². The molecule has 0 spiro atoms. The Hall–Kier alpha value is -4.61. The van der Waals surface area contributed by atoms with E-state index < -0.39 is 29.5 Å². The van der Waals surface area contributed by atoms with Gasteiger partial charge in [-0.1, -0.05) is 62.2 Å². The second-order valence-electron chi connectivity index (χ2n) is 7.86. The van der Waals surface area contributed by atoms with Gasteiger partial charge in [-0.15, -0.1) is 0 Å². The average molecular weight is 506 g/mol. The van der Waals surface area contributed by atoms with Crippen molar-refractivity contribution in [3.05, 3.63) is 132 Å². The minimum Gasteiger partial charge on any atom is -0.384 e. The number of aliphatic hydroxyl groups is 1. The molecule has 0 heterocycles. The Balaban J connectivity index is 2.36. The predicted octanol–water partition coefficient (Wildman–Crippen LogP) is 6.48. The van der Waals surface area contributed by atoms with Gasteiger partial charge in [0.1, 0.15) is 11.8 Å². The molecule has 3 N–H and O–H groups in total. The second-order valence-corrected chi connectivity index (χ2v) is 7.86. The number of nitriles is 1. The van der Waals surface area contributed by atoms with Crippen LogP contribution in [-0.2, 0) is 4.79 Å². The van der Waals surface area contributed by atoms with Gasteiger partial charge in [-0.05, 0) is 60.0 Å². The van der Waals surface area contributed by atoms with Crippen LogP contribution in [0.1, 0.15) is 29.7 Å². The number of carbonyl (C=O) groups is 1. The molecule has 0 aliphatic heterocycles. The number of alkyl halides is 3. The largest absolute Gasteiger partial charge is 0.415 e. The monoisotopic (exact) mass is 505 g/mol. The van der Waals surface area contributed by atoms with Crippen LogP contribution in [0.25, 0.3) is 6.08 Å². The maximum atomic E-state index is 13.1. The number of rotatable bonds is 10. The third kappa shape index (κ3) is 8.53. The quantitative estimate of drug-likeness (QED) is 0.255. The van der Waals surface area contributed by atoms with Crippen molar-refractivity contribution < 1.29 is 23.1 Å². The first-order chi connectivity index (χ1) is 17.5. The number of anilines is 1. The Labute approximate surface area is 213 Å². The van der Waals surface area contributed by atoms with Gasteiger partial charge in [0.05, 0.1) is 17.2 Å². The minimum absolute atomic E-state index is 0.238. The summed E-state index contributed by atoms with van der Waals surface area (Å²) in [4.78, 5) is 13.0. The Morgan fingerprint density at radius 2 is 1.84 bits per heavy atom. The van der Waals surface area contributed by atoms with Gasteiger partial charge >= 0.3 is 6.18 Å². The number of nitrogens with one attached hydrogen (secondary N) is 2. The van der Waals surface area contributed by atoms with Crippen molar-refractivity contribution in [2.24, 2.45) is 0 Å². The Morgan fingerprint density at radius 3 is 2.46 bits per heavy atom. The number of carbonyl (C=O) groups excluding carboxylic acids is 1. The van der Waals surface area contributed by atoms with Crippen LogP contribution >= 0.6 is 0 Å². The standard InChI is InChI=1S/C29H26F3N3O2/c1-5-9-23(27(36)24-12-7-10-21(6-2)16-24)15-20(4)34-28(37)26(14-19(3)29(30,31)32)35-25-13-8-11-22(17-25)18-33/h5-17,27,35-36H,1-3H2,4H3,(H,34,37)/b20-15+,23-9+,26-14-. The molecule has 0 radical (unpaired) electrons. The van der Waals surface area contributed by atoms with Crippen molar-refractivity contribution in [1.29, 1.82) is 5.26 Å². The van der Waals surface area contributed by atoms with Crippen LogP contribution < -0.4 is 10.6 Å². The van der Waals surface area contributed by atoms with Gasteiger partial charge < -0.3 is 15.7 Å². The fourth-order valence-corrected chi connectivity index (χ4v) is 3.17. The highest BCUT2D eigenvalue weighted by Gasteiger charge is 2.31. The van der Waals surface area contributed by atoms with E-state index in [4.69, 9.17) is 5.26 Å². The average Bonchev–Trinajstić information content (AvgIpc) is 2.87. The van der Waals surface area contributed by atoms with E-state index in [1.54, 1.807) is 30.4 Å². The number of hydrogen-bond acceptors (Lipinski definition) is 4. The van der Waals surface area contributed by atoms with E-state index in [1.165, 1.54) is 43.3 Å². The summed E-state index contributed by atoms with van der Waals surface area (Å²) in [6, 6.07) is 14.9. The molecule has 2 aromatic rings. The summed E-state index contributed by atoms with van der Waals surface area (Å²) >= 11 is 0. The molecule has 8 heteroatoms. The van der Waals surface area contributed by atoms with Crippen LogP contribution in [-0.4, -0.2) is 17.2 Å². The van der Waals surface area contributed by atoms with Crippen molar-refractivity contribution in [2.45, 2.75) is 19.2 Å². The van der Waals surface area contributed by atoms with E-state index >= 15 is 0 Å². The normalized spacial score (nSPS) is 13.2. The lowest BCUT2D eigenvalue weighted by Gasteiger charge is -2.16. The van der Waals surface area contributed by atoms with E-state index in [9.17, 15) is 23.1 Å². The van der Waals surface area contributed by atoms with Gasteiger partial charge in [0.25, 0.3) is 5.91 Å². The summed E-state index contributed by atoms with van der Waals surface area (Å²) in [5.41, 5.74) is 0.802. The topological polar surface area (TPSA) is 85.2 Å². The summed E-state index contributed by atoms with van der Waals surface area (Å²) in [6.07, 6.45) is 0.887. The van der Waals surface area contributed by atoms with Crippen molar-refractivity contribution in [1.82, 2.24) is 5.32 Å². The molecular weight excluding hydrogens is 479 g/mol. The maximum absolute atomic E-state index is 13.1. The predicted molar refractivity (Wildman–Crippen MR) is 140 cm³/mol. The number of aliphatic hydroxyl groups excluding tert-OH is 1. The zero-order valence-electron chi connectivity index (χ0n) is 20.1. The number of allylic oxidation sites excluding steroid dienone is 5. The van der Waals surface area contributed by atoms with Gasteiger partial charge in [0.2, 0.25) is 0 Å². The Morgan fingerprint density at radius 1 is 1.14 bits per heavy atom. The maximum Gasteiger partial charge on any atom is 0.415 e. The van der Waals surface area contributed by atoms with Gasteiger partial charge in [-0.2, -0.15) is 18.4 Å². The second kappa shape index (κ2) is 12.9. The molecule has 1 unspecified atom stereocenters. The van der Waals surface area contributed by atoms with Gasteiger partial charge in [-0.3, -0.25) is 4.79 Å². The highest BCUT2D eigenvalue weighted by Crippen LogP contribution is 2.27. The molecular formula is C29H26F3N3O2. The van der Waals surface area contributed by atoms with Crippen LogP contribution in [0, 0.1) is 11.3 Å². The Kier molecular flexibility index (Phi) is 9.99. The fourth-order valence-electron chi connectivity index (χ4n) is 3.17. The minimum atomic E-state index is -4.75. The first kappa shape index (κ1) is 28.6. The fraction of sp³-hybridized carbons (Fsp3) is 0.103. The number of nitrogens with zero attached hydrogens (tertiary/aromatic N) is 1. The summed E-state index contributed by atoms with van der Waals surface area (Å²) in [6.45, 7) is 11.9. The molecule has 190 valence electrons. The zero-order chi connectivity index (χ0) is 27.6. The van der Waals surface area contributed by atoms with Crippen molar-refractivity contribution in [3.8, 4) is 6.07 Å². The molecule has 1 amide bonds. The van der Waals surface area contributed by atoms with Crippen molar-refractivity contribution >= 4 is 17.7 Å². The van der Waals surface area contributed by atoms with E-state index in [2.05, 4.69) is 30.4 Å². The smallest absolute Gasteiger partial charge is 0.384 e. The van der Waals surface area contributed by atoms with Crippen LogP contribution in [0.2, 0.25) is 0 Å². The molecule has 0 bridgehead atoms. The van der Waals surface area contributed by atoms with E-state index in [-0.39, 0.29) is 16.9 Å². The third-order valence-electron chi connectivity index (χ3n) is 4.98. The van der Waals surface area contributed by atoms with Crippen molar-refractivity contribution in [2.75, 3.05) is 5.32 Å². The molecule has 0 saturated heterocycles. The highest BCUT2D eigenvalue weighted by molar-refractivity contribution is 5.97. The van der Waals surface area contributed by atoms with Crippen LogP contribution in [0.5, 0.6) is 0 Å². The highest BCUT2D eigenvalue weighted by atomic mass is 19.4. The SMILES string of the molecule is C=C/C=C(\C=C(/C)NC(=O)/C(=C/C(=C)C(F)(F)F)Nc1cccc(C#N)c1)C(O)c1cccc(C=C)c1. The van der Waals surface area contributed by atoms with Crippen molar-refractivity contribution in [3.63, 3.8) is 0 Å². The summed E-state index contributed by atoms with van der Waals surface area (Å²) in [5, 5.41) is 25.1. The number of halogens is 3. The molecule has 0 aliphatic rings. The van der Waals surface area contributed by atoms with Gasteiger partial charge in [0, 0.05) is 11.4 Å². The summed E-state index contributed by atoms with van der Waals surface area (Å²) in [5.74, 6) is -0.886.